The van der Waals surface area contributed by atoms with Crippen molar-refractivity contribution < 1.29 is 0 Å². The van der Waals surface area contributed by atoms with E-state index in [9.17, 15) is 0 Å². The van der Waals surface area contributed by atoms with Crippen LogP contribution in [0.4, 0.5) is 0 Å². The van der Waals surface area contributed by atoms with E-state index < -0.39 is 0 Å². The molecule has 0 amide bonds. The van der Waals surface area contributed by atoms with Crippen molar-refractivity contribution in [3.8, 4) is 0 Å². The van der Waals surface area contributed by atoms with Gasteiger partial charge in [0.1, 0.15) is 5.82 Å². The predicted molar refractivity (Wildman–Crippen MR) is 51.5 cm³/mol. The third-order valence-corrected chi connectivity index (χ3v) is 2.25. The Morgan fingerprint density at radius 3 is 2.85 bits per heavy atom. The zero-order chi connectivity index (χ0) is 9.26. The van der Waals surface area contributed by atoms with Crippen molar-refractivity contribution in [3.63, 3.8) is 0 Å². The molecular formula is C10H15N3. The fourth-order valence-corrected chi connectivity index (χ4v) is 1.48. The molecule has 1 heterocycles. The summed E-state index contributed by atoms with van der Waals surface area (Å²) in [6.45, 7) is 2.80. The zero-order valence-corrected chi connectivity index (χ0v) is 8.17. The Bertz CT molecular complexity index is 305. The van der Waals surface area contributed by atoms with Crippen LogP contribution in [0.2, 0.25) is 0 Å². The summed E-state index contributed by atoms with van der Waals surface area (Å²) in [5.74, 6) is 1.64. The Labute approximate surface area is 78.6 Å². The van der Waals surface area contributed by atoms with Gasteiger partial charge in [-0.2, -0.15) is 0 Å². The second-order valence-corrected chi connectivity index (χ2v) is 3.66. The summed E-state index contributed by atoms with van der Waals surface area (Å²) < 4.78 is 0. The van der Waals surface area contributed by atoms with Gasteiger partial charge in [-0.15, -0.1) is 0 Å². The Morgan fingerprint density at radius 1 is 1.46 bits per heavy atom. The van der Waals surface area contributed by atoms with Crippen molar-refractivity contribution in [1.82, 2.24) is 15.3 Å². The molecule has 1 aromatic rings. The maximum atomic E-state index is 4.51. The number of hydrogen-bond donors (Lipinski definition) is 1. The molecule has 0 saturated heterocycles. The Morgan fingerprint density at radius 2 is 2.23 bits per heavy atom. The number of nitrogens with one attached hydrogen (secondary N) is 1. The lowest BCUT2D eigenvalue weighted by Crippen LogP contribution is -2.10. The molecule has 1 N–H and O–H groups in total. The summed E-state index contributed by atoms with van der Waals surface area (Å²) in [4.78, 5) is 8.87. The average Bonchev–Trinajstić information content (AvgIpc) is 2.85. The summed E-state index contributed by atoms with van der Waals surface area (Å²) in [7, 11) is 1.92. The van der Waals surface area contributed by atoms with Gasteiger partial charge in [-0.25, -0.2) is 9.97 Å². The first kappa shape index (κ1) is 8.63. The van der Waals surface area contributed by atoms with E-state index in [1.807, 2.05) is 14.0 Å². The molecular weight excluding hydrogens is 162 g/mol. The Hall–Kier alpha value is -0.960. The topological polar surface area (TPSA) is 37.8 Å². The van der Waals surface area contributed by atoms with Gasteiger partial charge in [0.05, 0.1) is 6.54 Å². The van der Waals surface area contributed by atoms with Gasteiger partial charge in [0.15, 0.2) is 0 Å². The highest BCUT2D eigenvalue weighted by atomic mass is 15.0. The van der Waals surface area contributed by atoms with Gasteiger partial charge in [-0.05, 0) is 32.9 Å². The summed E-state index contributed by atoms with van der Waals surface area (Å²) in [6, 6.07) is 2.11. The maximum Gasteiger partial charge on any atom is 0.142 e. The molecule has 1 aliphatic carbocycles. The molecule has 0 aromatic carbocycles. The average molecular weight is 177 g/mol. The molecule has 0 spiro atoms. The van der Waals surface area contributed by atoms with Crippen LogP contribution in [-0.4, -0.2) is 17.0 Å². The van der Waals surface area contributed by atoms with Gasteiger partial charge in [-0.1, -0.05) is 0 Å². The lowest BCUT2D eigenvalue weighted by atomic mass is 10.2. The van der Waals surface area contributed by atoms with Crippen LogP contribution in [0.15, 0.2) is 6.07 Å². The summed E-state index contributed by atoms with van der Waals surface area (Å²) in [6.07, 6.45) is 2.60. The molecule has 1 aliphatic rings. The molecule has 1 fully saturated rings. The largest absolute Gasteiger partial charge is 0.313 e. The molecule has 0 radical (unpaired) electrons. The van der Waals surface area contributed by atoms with Crippen molar-refractivity contribution >= 4 is 0 Å². The monoisotopic (exact) mass is 177 g/mol. The quantitative estimate of drug-likeness (QED) is 0.758. The lowest BCUT2D eigenvalue weighted by molar-refractivity contribution is 0.740. The second kappa shape index (κ2) is 3.42. The minimum Gasteiger partial charge on any atom is -0.313 e. The number of aromatic nitrogens is 2. The van der Waals surface area contributed by atoms with Crippen LogP contribution in [0, 0.1) is 6.92 Å². The Kier molecular flexibility index (Phi) is 2.27. The van der Waals surface area contributed by atoms with Gasteiger partial charge in [-0.3, -0.25) is 0 Å². The first-order valence-electron chi connectivity index (χ1n) is 4.78. The third kappa shape index (κ3) is 2.04. The predicted octanol–water partition coefficient (Wildman–Crippen LogP) is 1.38. The smallest absolute Gasteiger partial charge is 0.142 e. The fraction of sp³-hybridized carbons (Fsp3) is 0.600. The van der Waals surface area contributed by atoms with E-state index in [-0.39, 0.29) is 0 Å². The van der Waals surface area contributed by atoms with E-state index in [0.29, 0.717) is 0 Å². The molecule has 0 atom stereocenters. The summed E-state index contributed by atoms with van der Waals surface area (Å²) in [5, 5.41) is 3.07. The van der Waals surface area contributed by atoms with Crippen molar-refractivity contribution in [2.75, 3.05) is 7.05 Å². The molecule has 3 nitrogen and oxygen atoms in total. The van der Waals surface area contributed by atoms with Gasteiger partial charge in [0, 0.05) is 17.3 Å². The number of hydrogen-bond acceptors (Lipinski definition) is 3. The molecule has 0 unspecified atom stereocenters. The van der Waals surface area contributed by atoms with E-state index in [1.165, 1.54) is 18.5 Å². The third-order valence-electron chi connectivity index (χ3n) is 2.25. The molecule has 0 aliphatic heterocycles. The van der Waals surface area contributed by atoms with E-state index in [1.54, 1.807) is 0 Å². The standard InChI is InChI=1S/C10H15N3/c1-7-5-9(8-3-4-8)13-10(12-7)6-11-2/h5,8,11H,3-4,6H2,1-2H3. The number of nitrogens with zero attached hydrogens (tertiary/aromatic N) is 2. The molecule has 0 bridgehead atoms. The number of rotatable bonds is 3. The van der Waals surface area contributed by atoms with Crippen LogP contribution >= 0.6 is 0 Å². The van der Waals surface area contributed by atoms with Crippen molar-refractivity contribution in [3.05, 3.63) is 23.3 Å². The van der Waals surface area contributed by atoms with Crippen LogP contribution < -0.4 is 5.32 Å². The maximum absolute atomic E-state index is 4.51. The highest BCUT2D eigenvalue weighted by Crippen LogP contribution is 2.38. The minimum atomic E-state index is 0.720. The van der Waals surface area contributed by atoms with Crippen molar-refractivity contribution in [2.45, 2.75) is 32.2 Å². The van der Waals surface area contributed by atoms with Gasteiger partial charge < -0.3 is 5.32 Å². The molecule has 2 rings (SSSR count). The Balaban J connectivity index is 2.25. The molecule has 3 heteroatoms. The normalized spacial score (nSPS) is 16.2. The molecule has 70 valence electrons. The van der Waals surface area contributed by atoms with Crippen LogP contribution in [0.5, 0.6) is 0 Å². The zero-order valence-electron chi connectivity index (χ0n) is 8.17. The van der Waals surface area contributed by atoms with E-state index in [0.717, 1.165) is 24.0 Å². The first-order valence-corrected chi connectivity index (χ1v) is 4.78. The first-order chi connectivity index (χ1) is 6.29. The van der Waals surface area contributed by atoms with Gasteiger partial charge in [0.2, 0.25) is 0 Å². The highest BCUT2D eigenvalue weighted by molar-refractivity contribution is 5.18. The van der Waals surface area contributed by atoms with E-state index in [2.05, 4.69) is 21.4 Å². The van der Waals surface area contributed by atoms with Crippen molar-refractivity contribution in [1.29, 1.82) is 0 Å². The molecule has 13 heavy (non-hydrogen) atoms. The van der Waals surface area contributed by atoms with Gasteiger partial charge in [0.25, 0.3) is 0 Å². The SMILES string of the molecule is CNCc1nc(C)cc(C2CC2)n1. The van der Waals surface area contributed by atoms with E-state index in [4.69, 9.17) is 0 Å². The fourth-order valence-electron chi connectivity index (χ4n) is 1.48. The second-order valence-electron chi connectivity index (χ2n) is 3.66. The van der Waals surface area contributed by atoms with Crippen LogP contribution in [-0.2, 0) is 6.54 Å². The van der Waals surface area contributed by atoms with E-state index >= 15 is 0 Å². The lowest BCUT2D eigenvalue weighted by Gasteiger charge is -2.03. The minimum absolute atomic E-state index is 0.720. The van der Waals surface area contributed by atoms with Crippen LogP contribution in [0.3, 0.4) is 0 Å². The van der Waals surface area contributed by atoms with Crippen LogP contribution in [0.1, 0.15) is 36.0 Å². The van der Waals surface area contributed by atoms with Crippen molar-refractivity contribution in [2.24, 2.45) is 0 Å². The molecule has 1 saturated carbocycles. The van der Waals surface area contributed by atoms with Crippen LogP contribution in [0.25, 0.3) is 0 Å². The molecule has 1 aromatic heterocycles. The van der Waals surface area contributed by atoms with Gasteiger partial charge >= 0.3 is 0 Å². The summed E-state index contributed by atoms with van der Waals surface area (Å²) >= 11 is 0. The highest BCUT2D eigenvalue weighted by Gasteiger charge is 2.25. The summed E-state index contributed by atoms with van der Waals surface area (Å²) in [5.41, 5.74) is 2.32. The number of aryl methyl sites for hydroxylation is 1.